The van der Waals surface area contributed by atoms with Crippen molar-refractivity contribution in [2.24, 2.45) is 5.41 Å². The van der Waals surface area contributed by atoms with Gasteiger partial charge in [-0.2, -0.15) is 0 Å². The maximum absolute atomic E-state index is 11.8. The lowest BCUT2D eigenvalue weighted by atomic mass is 9.94. The molecule has 0 aliphatic carbocycles. The molecule has 0 bridgehead atoms. The van der Waals surface area contributed by atoms with Crippen molar-refractivity contribution in [3.63, 3.8) is 0 Å². The summed E-state index contributed by atoms with van der Waals surface area (Å²) in [5, 5.41) is 5.09. The van der Waals surface area contributed by atoms with Crippen molar-refractivity contribution in [3.05, 3.63) is 54.6 Å². The quantitative estimate of drug-likeness (QED) is 0.834. The number of hydrogen-bond acceptors (Lipinski definition) is 4. The summed E-state index contributed by atoms with van der Waals surface area (Å²) in [6, 6.07) is 17.6. The van der Waals surface area contributed by atoms with Crippen LogP contribution in [0.4, 0.5) is 11.4 Å². The van der Waals surface area contributed by atoms with E-state index in [-0.39, 0.29) is 11.3 Å². The van der Waals surface area contributed by atoms with Crippen LogP contribution in [0, 0.1) is 5.41 Å². The average Bonchev–Trinajstić information content (AvgIpc) is 2.82. The fourth-order valence-corrected chi connectivity index (χ4v) is 2.42. The van der Waals surface area contributed by atoms with Gasteiger partial charge in [0.2, 0.25) is 5.91 Å². The van der Waals surface area contributed by atoms with Crippen LogP contribution in [0.3, 0.4) is 0 Å². The van der Waals surface area contributed by atoms with Crippen molar-refractivity contribution in [2.45, 2.75) is 13.8 Å². The lowest BCUT2D eigenvalue weighted by molar-refractivity contribution is -0.125. The Labute approximate surface area is 136 Å². The van der Waals surface area contributed by atoms with Crippen LogP contribution in [0.25, 0.3) is 0 Å². The maximum atomic E-state index is 11.8. The summed E-state index contributed by atoms with van der Waals surface area (Å²) in [4.78, 5) is 11.8. The molecular formula is C18H21N3O2. The van der Waals surface area contributed by atoms with E-state index in [1.54, 1.807) is 0 Å². The Balaban J connectivity index is 1.54. The first-order valence-electron chi connectivity index (χ1n) is 7.65. The zero-order valence-electron chi connectivity index (χ0n) is 13.4. The third kappa shape index (κ3) is 3.56. The summed E-state index contributed by atoms with van der Waals surface area (Å²) >= 11 is 0. The Bertz CT molecular complexity index is 668. The van der Waals surface area contributed by atoms with E-state index in [4.69, 9.17) is 4.74 Å². The van der Waals surface area contributed by atoms with E-state index >= 15 is 0 Å². The highest BCUT2D eigenvalue weighted by Gasteiger charge is 2.37. The summed E-state index contributed by atoms with van der Waals surface area (Å²) in [5.74, 6) is 0.884. The van der Waals surface area contributed by atoms with E-state index in [9.17, 15) is 4.79 Å². The van der Waals surface area contributed by atoms with E-state index < -0.39 is 0 Å². The molecule has 1 heterocycles. The summed E-state index contributed by atoms with van der Waals surface area (Å²) < 4.78 is 5.60. The third-order valence-electron chi connectivity index (χ3n) is 3.84. The van der Waals surface area contributed by atoms with Gasteiger partial charge in [0.05, 0.1) is 17.6 Å². The molecule has 0 radical (unpaired) electrons. The van der Waals surface area contributed by atoms with Gasteiger partial charge in [-0.25, -0.2) is 0 Å². The molecule has 0 atom stereocenters. The van der Waals surface area contributed by atoms with Crippen molar-refractivity contribution in [2.75, 3.05) is 23.6 Å². The van der Waals surface area contributed by atoms with E-state index in [1.165, 1.54) is 0 Å². The van der Waals surface area contributed by atoms with Gasteiger partial charge in [-0.1, -0.05) is 18.2 Å². The van der Waals surface area contributed by atoms with Gasteiger partial charge < -0.3 is 10.1 Å². The number of benzene rings is 2. The molecule has 1 fully saturated rings. The van der Waals surface area contributed by atoms with Crippen molar-refractivity contribution < 1.29 is 9.53 Å². The van der Waals surface area contributed by atoms with Crippen LogP contribution in [-0.4, -0.2) is 19.2 Å². The average molecular weight is 311 g/mol. The zero-order chi connectivity index (χ0) is 16.3. The van der Waals surface area contributed by atoms with E-state index in [0.29, 0.717) is 13.3 Å². The number of hydrogen-bond donors (Lipinski definition) is 2. The Morgan fingerprint density at radius 2 is 1.83 bits per heavy atom. The van der Waals surface area contributed by atoms with Gasteiger partial charge in [0.15, 0.2) is 6.73 Å². The van der Waals surface area contributed by atoms with Gasteiger partial charge in [0, 0.05) is 5.69 Å². The van der Waals surface area contributed by atoms with E-state index in [0.717, 1.165) is 17.1 Å². The number of carbonyl (C=O) groups is 1. The van der Waals surface area contributed by atoms with E-state index in [1.807, 2.05) is 73.5 Å². The molecule has 5 nitrogen and oxygen atoms in total. The minimum atomic E-state index is -0.361. The van der Waals surface area contributed by atoms with Crippen LogP contribution >= 0.6 is 0 Å². The monoisotopic (exact) mass is 311 g/mol. The van der Waals surface area contributed by atoms with Gasteiger partial charge in [-0.05, 0) is 50.2 Å². The smallest absolute Gasteiger partial charge is 0.246 e. The highest BCUT2D eigenvalue weighted by atomic mass is 16.5. The molecule has 2 aromatic rings. The van der Waals surface area contributed by atoms with Gasteiger partial charge in [0.25, 0.3) is 0 Å². The van der Waals surface area contributed by atoms with Gasteiger partial charge in [-0.15, -0.1) is 0 Å². The Hall–Kier alpha value is -2.69. The number of anilines is 2. The Kier molecular flexibility index (Phi) is 4.10. The topological polar surface area (TPSA) is 53.6 Å². The van der Waals surface area contributed by atoms with Crippen LogP contribution in [0.5, 0.6) is 5.75 Å². The minimum absolute atomic E-state index is 0.0518. The number of para-hydroxylation sites is 1. The molecule has 1 amide bonds. The van der Waals surface area contributed by atoms with E-state index in [2.05, 4.69) is 10.7 Å². The van der Waals surface area contributed by atoms with Crippen molar-refractivity contribution in [3.8, 4) is 5.75 Å². The Morgan fingerprint density at radius 3 is 2.43 bits per heavy atom. The maximum Gasteiger partial charge on any atom is 0.246 e. The predicted molar refractivity (Wildman–Crippen MR) is 91.3 cm³/mol. The van der Waals surface area contributed by atoms with Crippen molar-refractivity contribution in [1.82, 2.24) is 5.43 Å². The first kappa shape index (κ1) is 15.2. The zero-order valence-corrected chi connectivity index (χ0v) is 13.4. The number of ether oxygens (including phenoxy) is 1. The van der Waals surface area contributed by atoms with Crippen molar-refractivity contribution >= 4 is 17.3 Å². The summed E-state index contributed by atoms with van der Waals surface area (Å²) in [6.45, 7) is 4.95. The summed E-state index contributed by atoms with van der Waals surface area (Å²) in [7, 11) is 0. The molecule has 1 aliphatic rings. The van der Waals surface area contributed by atoms with Gasteiger partial charge in [0.1, 0.15) is 5.75 Å². The molecule has 1 saturated heterocycles. The summed E-state index contributed by atoms with van der Waals surface area (Å²) in [6.07, 6.45) is 0. The number of carbonyl (C=O) groups excluding carboxylic acids is 1. The fraction of sp³-hybridized carbons (Fsp3) is 0.278. The molecule has 23 heavy (non-hydrogen) atoms. The second-order valence-electron chi connectivity index (χ2n) is 6.24. The molecule has 2 N–H and O–H groups in total. The highest BCUT2D eigenvalue weighted by molar-refractivity contribution is 5.87. The number of rotatable bonds is 5. The summed E-state index contributed by atoms with van der Waals surface area (Å²) in [5.41, 5.74) is 4.47. The number of amides is 1. The Morgan fingerprint density at radius 1 is 1.13 bits per heavy atom. The molecule has 0 unspecified atom stereocenters. The molecule has 1 aliphatic heterocycles. The number of nitrogens with one attached hydrogen (secondary N) is 2. The largest absolute Gasteiger partial charge is 0.473 e. The minimum Gasteiger partial charge on any atom is -0.473 e. The first-order chi connectivity index (χ1) is 11.0. The first-order valence-corrected chi connectivity index (χ1v) is 7.65. The molecule has 120 valence electrons. The molecular weight excluding hydrogens is 290 g/mol. The molecule has 0 spiro atoms. The highest BCUT2D eigenvalue weighted by Crippen LogP contribution is 2.27. The predicted octanol–water partition coefficient (Wildman–Crippen LogP) is 3.01. The lowest BCUT2D eigenvalue weighted by Gasteiger charge is -2.19. The normalized spacial score (nSPS) is 16.1. The lowest BCUT2D eigenvalue weighted by Crippen LogP contribution is -2.33. The van der Waals surface area contributed by atoms with Crippen LogP contribution < -0.4 is 20.5 Å². The van der Waals surface area contributed by atoms with Gasteiger partial charge >= 0.3 is 0 Å². The second kappa shape index (κ2) is 6.20. The SMILES string of the molecule is CC1(C)CN(c2ccc(NCOc3ccccc3)cc2)NC1=O. The number of nitrogens with zero attached hydrogens (tertiary/aromatic N) is 1. The third-order valence-corrected chi connectivity index (χ3v) is 3.84. The van der Waals surface area contributed by atoms with Crippen LogP contribution in [-0.2, 0) is 4.79 Å². The molecule has 0 aromatic heterocycles. The van der Waals surface area contributed by atoms with Crippen LogP contribution in [0.15, 0.2) is 54.6 Å². The van der Waals surface area contributed by atoms with Crippen LogP contribution in [0.2, 0.25) is 0 Å². The van der Waals surface area contributed by atoms with Gasteiger partial charge in [-0.3, -0.25) is 15.2 Å². The van der Waals surface area contributed by atoms with Crippen molar-refractivity contribution in [1.29, 1.82) is 0 Å². The molecule has 5 heteroatoms. The number of hydrazine groups is 1. The molecule has 2 aromatic carbocycles. The second-order valence-corrected chi connectivity index (χ2v) is 6.24. The molecule has 0 saturated carbocycles. The molecule has 3 rings (SSSR count). The fourth-order valence-electron chi connectivity index (χ4n) is 2.42. The standard InChI is InChI=1S/C18H21N3O2/c1-18(2)12-21(20-17(18)22)15-10-8-14(9-11-15)19-13-23-16-6-4-3-5-7-16/h3-11,19H,12-13H2,1-2H3,(H,20,22). The van der Waals surface area contributed by atoms with Crippen LogP contribution in [0.1, 0.15) is 13.8 Å².